The molecule has 0 heterocycles. The van der Waals surface area contributed by atoms with E-state index < -0.39 is 0 Å². The van der Waals surface area contributed by atoms with Crippen molar-refractivity contribution in [1.82, 2.24) is 10.6 Å². The number of amides is 1. The fraction of sp³-hybridized carbons (Fsp3) is 0.750. The molecule has 2 atom stereocenters. The van der Waals surface area contributed by atoms with Gasteiger partial charge < -0.3 is 10.6 Å². The molecule has 0 aromatic rings. The van der Waals surface area contributed by atoms with E-state index in [0.717, 1.165) is 19.4 Å². The predicted molar refractivity (Wildman–Crippen MR) is 63.4 cm³/mol. The number of carbonyl (C=O) groups excluding carboxylic acids is 1. The molecule has 2 unspecified atom stereocenters. The van der Waals surface area contributed by atoms with E-state index in [9.17, 15) is 4.79 Å². The maximum Gasteiger partial charge on any atom is 0.237 e. The highest BCUT2D eigenvalue weighted by Crippen LogP contribution is 1.90. The third-order valence-corrected chi connectivity index (χ3v) is 2.27. The van der Waals surface area contributed by atoms with Crippen molar-refractivity contribution in [1.29, 1.82) is 0 Å². The van der Waals surface area contributed by atoms with Gasteiger partial charge in [0.05, 0.1) is 6.04 Å². The van der Waals surface area contributed by atoms with E-state index in [4.69, 9.17) is 0 Å². The number of hydrogen-bond acceptors (Lipinski definition) is 2. The first-order valence-corrected chi connectivity index (χ1v) is 5.55. The average Bonchev–Trinajstić information content (AvgIpc) is 2.23. The number of nitrogens with one attached hydrogen (secondary N) is 2. The van der Waals surface area contributed by atoms with Gasteiger partial charge in [-0.3, -0.25) is 4.79 Å². The van der Waals surface area contributed by atoms with Gasteiger partial charge in [0.1, 0.15) is 0 Å². The van der Waals surface area contributed by atoms with Crippen molar-refractivity contribution in [2.45, 2.75) is 52.6 Å². The molecule has 0 saturated carbocycles. The van der Waals surface area contributed by atoms with Gasteiger partial charge in [-0.1, -0.05) is 6.92 Å². The first kappa shape index (κ1) is 14.0. The monoisotopic (exact) mass is 210 g/mol. The lowest BCUT2D eigenvalue weighted by molar-refractivity contribution is -0.123. The second-order valence-electron chi connectivity index (χ2n) is 3.67. The first-order valence-electron chi connectivity index (χ1n) is 5.55. The summed E-state index contributed by atoms with van der Waals surface area (Å²) < 4.78 is 0. The molecule has 3 nitrogen and oxygen atoms in total. The minimum atomic E-state index is -0.141. The van der Waals surface area contributed by atoms with Crippen LogP contribution >= 0.6 is 0 Å². The number of rotatable bonds is 6. The Kier molecular flexibility index (Phi) is 7.75. The van der Waals surface area contributed by atoms with E-state index >= 15 is 0 Å². The van der Waals surface area contributed by atoms with E-state index in [1.54, 1.807) is 0 Å². The van der Waals surface area contributed by atoms with E-state index in [1.165, 1.54) is 0 Å². The molecule has 0 bridgehead atoms. The summed E-state index contributed by atoms with van der Waals surface area (Å²) in [6, 6.07) is 0.106. The Morgan fingerprint density at radius 3 is 2.60 bits per heavy atom. The molecule has 86 valence electrons. The van der Waals surface area contributed by atoms with Crippen LogP contribution in [0.4, 0.5) is 0 Å². The molecule has 0 spiro atoms. The molecule has 0 aromatic carbocycles. The Morgan fingerprint density at radius 2 is 2.07 bits per heavy atom. The van der Waals surface area contributed by atoms with Gasteiger partial charge >= 0.3 is 0 Å². The number of carbonyl (C=O) groups is 1. The summed E-state index contributed by atoms with van der Waals surface area (Å²) in [7, 11) is 0. The molecule has 0 fully saturated rings. The van der Waals surface area contributed by atoms with Crippen LogP contribution in [0.15, 0.2) is 0 Å². The molecule has 2 N–H and O–H groups in total. The Bertz CT molecular complexity index is 240. The summed E-state index contributed by atoms with van der Waals surface area (Å²) in [6.45, 7) is 8.51. The highest BCUT2D eigenvalue weighted by molar-refractivity contribution is 5.81. The predicted octanol–water partition coefficient (Wildman–Crippen LogP) is 1.29. The molecule has 0 aliphatic rings. The lowest BCUT2D eigenvalue weighted by Gasteiger charge is -2.16. The van der Waals surface area contributed by atoms with Crippen LogP contribution in [-0.2, 0) is 4.79 Å². The summed E-state index contributed by atoms with van der Waals surface area (Å²) >= 11 is 0. The Balaban J connectivity index is 3.72. The van der Waals surface area contributed by atoms with Crippen molar-refractivity contribution < 1.29 is 4.79 Å². The second-order valence-corrected chi connectivity index (χ2v) is 3.67. The Morgan fingerprint density at radius 1 is 1.40 bits per heavy atom. The van der Waals surface area contributed by atoms with Crippen LogP contribution < -0.4 is 10.6 Å². The van der Waals surface area contributed by atoms with Gasteiger partial charge in [0.25, 0.3) is 0 Å². The van der Waals surface area contributed by atoms with Gasteiger partial charge in [0, 0.05) is 19.0 Å². The summed E-state index contributed by atoms with van der Waals surface area (Å²) in [6.07, 6.45) is 1.75. The zero-order valence-corrected chi connectivity index (χ0v) is 10.2. The smallest absolute Gasteiger partial charge is 0.237 e. The summed E-state index contributed by atoms with van der Waals surface area (Å²) in [5, 5.41) is 6.06. The molecule has 0 radical (unpaired) electrons. The minimum absolute atomic E-state index is 0.0637. The molecule has 0 rings (SSSR count). The molecule has 1 amide bonds. The Labute approximate surface area is 93.0 Å². The fourth-order valence-corrected chi connectivity index (χ4v) is 1.04. The maximum absolute atomic E-state index is 11.6. The van der Waals surface area contributed by atoms with Gasteiger partial charge in [0.15, 0.2) is 0 Å². The van der Waals surface area contributed by atoms with Crippen LogP contribution in [0.1, 0.15) is 40.5 Å². The summed E-state index contributed by atoms with van der Waals surface area (Å²) in [5.41, 5.74) is 0. The zero-order chi connectivity index (χ0) is 11.7. The van der Waals surface area contributed by atoms with Gasteiger partial charge in [-0.25, -0.2) is 0 Å². The zero-order valence-electron chi connectivity index (χ0n) is 10.2. The highest BCUT2D eigenvalue weighted by Gasteiger charge is 2.12. The normalized spacial score (nSPS) is 13.6. The van der Waals surface area contributed by atoms with Crippen LogP contribution in [0.3, 0.4) is 0 Å². The van der Waals surface area contributed by atoms with Crippen LogP contribution in [0, 0.1) is 11.8 Å². The molecule has 15 heavy (non-hydrogen) atoms. The van der Waals surface area contributed by atoms with Crippen molar-refractivity contribution in [3.8, 4) is 11.8 Å². The third kappa shape index (κ3) is 6.98. The second kappa shape index (κ2) is 8.31. The molecule has 3 heteroatoms. The van der Waals surface area contributed by atoms with Crippen molar-refractivity contribution in [2.75, 3.05) is 6.54 Å². The standard InChI is InChI=1S/C12H22N2O/c1-5-7-8-9-13-11(4)12(15)14-10(3)6-2/h10-11,13H,6,8-9H2,1-4H3,(H,14,15). The largest absolute Gasteiger partial charge is 0.352 e. The van der Waals surface area contributed by atoms with Gasteiger partial charge in [-0.05, 0) is 27.2 Å². The fourth-order valence-electron chi connectivity index (χ4n) is 1.04. The third-order valence-electron chi connectivity index (χ3n) is 2.27. The van der Waals surface area contributed by atoms with E-state index in [-0.39, 0.29) is 18.0 Å². The van der Waals surface area contributed by atoms with Crippen LogP contribution in [0.2, 0.25) is 0 Å². The Hall–Kier alpha value is -1.01. The maximum atomic E-state index is 11.6. The number of hydrogen-bond donors (Lipinski definition) is 2. The molecular weight excluding hydrogens is 188 g/mol. The topological polar surface area (TPSA) is 41.1 Å². The summed E-state index contributed by atoms with van der Waals surface area (Å²) in [4.78, 5) is 11.6. The SMILES string of the molecule is CC#CCCNC(C)C(=O)NC(C)CC. The van der Waals surface area contributed by atoms with E-state index in [1.807, 2.05) is 20.8 Å². The van der Waals surface area contributed by atoms with Crippen LogP contribution in [-0.4, -0.2) is 24.5 Å². The van der Waals surface area contributed by atoms with Crippen LogP contribution in [0.25, 0.3) is 0 Å². The lowest BCUT2D eigenvalue weighted by atomic mass is 10.2. The van der Waals surface area contributed by atoms with Crippen molar-refractivity contribution >= 4 is 5.91 Å². The molecule has 0 saturated heterocycles. The van der Waals surface area contributed by atoms with E-state index in [0.29, 0.717) is 0 Å². The molecule has 0 aliphatic heterocycles. The van der Waals surface area contributed by atoms with Crippen molar-refractivity contribution in [3.63, 3.8) is 0 Å². The van der Waals surface area contributed by atoms with Gasteiger partial charge in [-0.2, -0.15) is 0 Å². The van der Waals surface area contributed by atoms with Crippen molar-refractivity contribution in [2.24, 2.45) is 0 Å². The quantitative estimate of drug-likeness (QED) is 0.512. The minimum Gasteiger partial charge on any atom is -0.352 e. The van der Waals surface area contributed by atoms with Gasteiger partial charge in [-0.15, -0.1) is 11.8 Å². The van der Waals surface area contributed by atoms with Crippen molar-refractivity contribution in [3.05, 3.63) is 0 Å². The molecular formula is C12H22N2O. The summed E-state index contributed by atoms with van der Waals surface area (Å²) in [5.74, 6) is 5.84. The first-order chi connectivity index (χ1) is 7.11. The average molecular weight is 210 g/mol. The van der Waals surface area contributed by atoms with Gasteiger partial charge in [0.2, 0.25) is 5.91 Å². The molecule has 0 aromatic heterocycles. The van der Waals surface area contributed by atoms with Crippen LogP contribution in [0.5, 0.6) is 0 Å². The lowest BCUT2D eigenvalue weighted by Crippen LogP contribution is -2.45. The van der Waals surface area contributed by atoms with E-state index in [2.05, 4.69) is 29.4 Å². The molecule has 0 aliphatic carbocycles. The highest BCUT2D eigenvalue weighted by atomic mass is 16.2.